The Balaban J connectivity index is 1.55. The topological polar surface area (TPSA) is 113 Å². The largest absolute Gasteiger partial charge is 0.470 e. The Morgan fingerprint density at radius 2 is 2.17 bits per heavy atom. The Hall–Kier alpha value is -2.61. The van der Waals surface area contributed by atoms with E-state index in [4.69, 9.17) is 26.6 Å². The molecular weight excluding hydrogens is 396 g/mol. The van der Waals surface area contributed by atoms with Gasteiger partial charge in [0.05, 0.1) is 36.5 Å². The van der Waals surface area contributed by atoms with E-state index < -0.39 is 5.54 Å². The third-order valence-corrected chi connectivity index (χ3v) is 5.58. The van der Waals surface area contributed by atoms with E-state index in [2.05, 4.69) is 20.0 Å². The molecule has 2 aliphatic rings. The molecular formula is C19H21ClN6O3. The second kappa shape index (κ2) is 7.67. The van der Waals surface area contributed by atoms with E-state index in [1.807, 2.05) is 0 Å². The molecule has 2 aromatic heterocycles. The molecule has 2 saturated heterocycles. The predicted octanol–water partition coefficient (Wildman–Crippen LogP) is 3.45. The lowest BCUT2D eigenvalue weighted by Crippen LogP contribution is -2.57. The van der Waals surface area contributed by atoms with Crippen LogP contribution in [0.2, 0.25) is 5.15 Å². The van der Waals surface area contributed by atoms with Crippen molar-refractivity contribution in [2.45, 2.75) is 31.9 Å². The van der Waals surface area contributed by atoms with E-state index in [-0.39, 0.29) is 17.9 Å². The number of hydrogen-bond acceptors (Lipinski definition) is 6. The molecule has 10 heteroatoms. The molecule has 0 saturated carbocycles. The highest BCUT2D eigenvalue weighted by atomic mass is 35.5. The number of azide groups is 1. The zero-order valence-electron chi connectivity index (χ0n) is 16.2. The molecule has 0 bridgehead atoms. The number of nitrogens with zero attached hydrogens (tertiary/aromatic N) is 6. The summed E-state index contributed by atoms with van der Waals surface area (Å²) >= 11 is 6.10. The van der Waals surface area contributed by atoms with E-state index in [0.717, 1.165) is 17.4 Å². The van der Waals surface area contributed by atoms with Crippen LogP contribution in [-0.2, 0) is 15.1 Å². The molecule has 4 rings (SSSR count). The van der Waals surface area contributed by atoms with Crippen LogP contribution >= 0.6 is 11.6 Å². The Kier molecular flexibility index (Phi) is 5.21. The van der Waals surface area contributed by atoms with Crippen LogP contribution in [0.15, 0.2) is 23.6 Å². The molecule has 9 nitrogen and oxygen atoms in total. The van der Waals surface area contributed by atoms with Gasteiger partial charge in [-0.2, -0.15) is 0 Å². The average molecular weight is 417 g/mol. The van der Waals surface area contributed by atoms with Crippen LogP contribution in [0.3, 0.4) is 0 Å². The monoisotopic (exact) mass is 416 g/mol. The second-order valence-corrected chi connectivity index (χ2v) is 8.21. The number of likely N-dealkylation sites (tertiary alicyclic amines) is 1. The quantitative estimate of drug-likeness (QED) is 0.320. The van der Waals surface area contributed by atoms with Crippen LogP contribution in [0.1, 0.15) is 25.8 Å². The highest BCUT2D eigenvalue weighted by Crippen LogP contribution is 2.36. The average Bonchev–Trinajstić information content (AvgIpc) is 3.18. The van der Waals surface area contributed by atoms with Gasteiger partial charge in [0.15, 0.2) is 0 Å². The first kappa shape index (κ1) is 19.7. The van der Waals surface area contributed by atoms with Crippen molar-refractivity contribution in [2.24, 2.45) is 11.0 Å². The van der Waals surface area contributed by atoms with Crippen molar-refractivity contribution in [1.29, 1.82) is 0 Å². The molecule has 0 unspecified atom stereocenters. The summed E-state index contributed by atoms with van der Waals surface area (Å²) in [6, 6.07) is 1.71. The van der Waals surface area contributed by atoms with Crippen LogP contribution in [-0.4, -0.2) is 53.2 Å². The minimum atomic E-state index is -0.813. The Morgan fingerprint density at radius 3 is 2.86 bits per heavy atom. The highest BCUT2D eigenvalue weighted by Gasteiger charge is 2.37. The molecule has 152 valence electrons. The molecule has 29 heavy (non-hydrogen) atoms. The van der Waals surface area contributed by atoms with Crippen molar-refractivity contribution in [3.63, 3.8) is 0 Å². The van der Waals surface area contributed by atoms with Gasteiger partial charge >= 0.3 is 0 Å². The first-order chi connectivity index (χ1) is 13.9. The summed E-state index contributed by atoms with van der Waals surface area (Å²) in [5.41, 5.74) is 8.80. The highest BCUT2D eigenvalue weighted by molar-refractivity contribution is 6.30. The standard InChI is InChI=1S/C19H21ClN6O3/c1-19(2,24-25-21)15-7-23-17(14-6-22-16(20)5-13(14)15)29-12-8-26(9-12)18(27)11-3-4-28-10-11/h5-7,11-12H,3-4,8-10H2,1-2H3/t11-/m1/s1. The molecule has 1 atom stereocenters. The molecule has 2 fully saturated rings. The molecule has 0 spiro atoms. The van der Waals surface area contributed by atoms with Crippen molar-refractivity contribution >= 4 is 28.3 Å². The van der Waals surface area contributed by atoms with Gasteiger partial charge in [0.25, 0.3) is 0 Å². The fourth-order valence-corrected chi connectivity index (χ4v) is 3.83. The van der Waals surface area contributed by atoms with Crippen molar-refractivity contribution in [3.05, 3.63) is 39.6 Å². The molecule has 0 aromatic carbocycles. The Bertz CT molecular complexity index is 995. The van der Waals surface area contributed by atoms with Crippen molar-refractivity contribution in [3.8, 4) is 5.88 Å². The van der Waals surface area contributed by atoms with Crippen LogP contribution < -0.4 is 4.74 Å². The summed E-state index contributed by atoms with van der Waals surface area (Å²) in [6.07, 6.45) is 3.89. The molecule has 0 aliphatic carbocycles. The van der Waals surface area contributed by atoms with Crippen LogP contribution in [0.25, 0.3) is 21.2 Å². The lowest BCUT2D eigenvalue weighted by Gasteiger charge is -2.40. The van der Waals surface area contributed by atoms with E-state index >= 15 is 0 Å². The van der Waals surface area contributed by atoms with Gasteiger partial charge in [0, 0.05) is 23.9 Å². The van der Waals surface area contributed by atoms with Gasteiger partial charge in [-0.25, -0.2) is 9.97 Å². The molecule has 0 radical (unpaired) electrons. The fourth-order valence-electron chi connectivity index (χ4n) is 3.67. The lowest BCUT2D eigenvalue weighted by atomic mass is 9.93. The number of aromatic nitrogens is 2. The summed E-state index contributed by atoms with van der Waals surface area (Å²) in [7, 11) is 0. The van der Waals surface area contributed by atoms with Crippen molar-refractivity contribution < 1.29 is 14.3 Å². The summed E-state index contributed by atoms with van der Waals surface area (Å²) < 4.78 is 11.3. The van der Waals surface area contributed by atoms with Gasteiger partial charge in [-0.3, -0.25) is 4.79 Å². The van der Waals surface area contributed by atoms with Gasteiger partial charge in [0.1, 0.15) is 11.3 Å². The van der Waals surface area contributed by atoms with Gasteiger partial charge in [-0.05, 0) is 29.0 Å². The summed E-state index contributed by atoms with van der Waals surface area (Å²) in [5, 5.41) is 5.65. The maximum Gasteiger partial charge on any atom is 0.228 e. The number of fused-ring (bicyclic) bond motifs is 1. The van der Waals surface area contributed by atoms with Crippen LogP contribution in [0, 0.1) is 5.92 Å². The third kappa shape index (κ3) is 3.81. The number of halogens is 1. The molecule has 1 amide bonds. The maximum absolute atomic E-state index is 12.4. The first-order valence-electron chi connectivity index (χ1n) is 9.43. The smallest absolute Gasteiger partial charge is 0.228 e. The number of rotatable bonds is 5. The van der Waals surface area contributed by atoms with Crippen LogP contribution in [0.5, 0.6) is 5.88 Å². The fraction of sp³-hybridized carbons (Fsp3) is 0.526. The Labute approximate surface area is 172 Å². The number of carbonyl (C=O) groups is 1. The zero-order valence-corrected chi connectivity index (χ0v) is 17.0. The summed E-state index contributed by atoms with van der Waals surface area (Å²) in [6.45, 7) is 5.80. The van der Waals surface area contributed by atoms with Crippen molar-refractivity contribution in [1.82, 2.24) is 14.9 Å². The number of hydrogen-bond donors (Lipinski definition) is 0. The molecule has 0 N–H and O–H groups in total. The van der Waals surface area contributed by atoms with Gasteiger partial charge in [-0.1, -0.05) is 30.6 Å². The number of amides is 1. The summed E-state index contributed by atoms with van der Waals surface area (Å²) in [4.78, 5) is 25.7. The number of ether oxygens (including phenoxy) is 2. The van der Waals surface area contributed by atoms with E-state index in [9.17, 15) is 4.79 Å². The Morgan fingerprint density at radius 1 is 1.38 bits per heavy atom. The van der Waals surface area contributed by atoms with Gasteiger partial charge in [-0.15, -0.1) is 0 Å². The number of pyridine rings is 2. The lowest BCUT2D eigenvalue weighted by molar-refractivity contribution is -0.144. The predicted molar refractivity (Wildman–Crippen MR) is 107 cm³/mol. The van der Waals surface area contributed by atoms with E-state index in [1.165, 1.54) is 0 Å². The molecule has 2 aromatic rings. The normalized spacial score (nSPS) is 19.7. The van der Waals surface area contributed by atoms with Crippen LogP contribution in [0.4, 0.5) is 0 Å². The van der Waals surface area contributed by atoms with Crippen molar-refractivity contribution in [2.75, 3.05) is 26.3 Å². The zero-order chi connectivity index (χ0) is 20.6. The van der Waals surface area contributed by atoms with Gasteiger partial charge < -0.3 is 14.4 Å². The van der Waals surface area contributed by atoms with Gasteiger partial charge in [0.2, 0.25) is 11.8 Å². The molecule has 4 heterocycles. The second-order valence-electron chi connectivity index (χ2n) is 7.82. The molecule has 2 aliphatic heterocycles. The van der Waals surface area contributed by atoms with E-state index in [0.29, 0.717) is 42.7 Å². The van der Waals surface area contributed by atoms with E-state index in [1.54, 1.807) is 37.2 Å². The maximum atomic E-state index is 12.4. The third-order valence-electron chi connectivity index (χ3n) is 5.37. The first-order valence-corrected chi connectivity index (χ1v) is 9.81. The minimum Gasteiger partial charge on any atom is -0.470 e. The minimum absolute atomic E-state index is 0.0385. The summed E-state index contributed by atoms with van der Waals surface area (Å²) in [5.74, 6) is 0.509. The number of carbonyl (C=O) groups excluding carboxylic acids is 1. The SMILES string of the molecule is CC(C)(N=[N+]=[N-])c1cnc(OC2CN(C(=O)[C@@H]3CCOC3)C2)c2cnc(Cl)cc12.